The number of hydrogen-bond donors (Lipinski definition) is 2. The van der Waals surface area contributed by atoms with E-state index < -0.39 is 6.09 Å². The lowest BCUT2D eigenvalue weighted by Crippen LogP contribution is -2.47. The number of methoxy groups -OCH3 is 1. The Bertz CT molecular complexity index is 1450. The molecule has 11 heteroatoms. The van der Waals surface area contributed by atoms with Gasteiger partial charge in [0, 0.05) is 62.7 Å². The fourth-order valence-corrected chi connectivity index (χ4v) is 4.79. The normalized spacial score (nSPS) is 14.7. The number of nitrogen functional groups attached to an aromatic ring is 1. The highest BCUT2D eigenvalue weighted by atomic mass is 16.7. The summed E-state index contributed by atoms with van der Waals surface area (Å²) in [5.74, 6) is 0.962. The van der Waals surface area contributed by atoms with E-state index in [-0.39, 0.29) is 12.8 Å². The number of carbonyl (C=O) groups is 1. The lowest BCUT2D eigenvalue weighted by molar-refractivity contribution is 0.0515. The molecule has 2 aromatic carbocycles. The van der Waals surface area contributed by atoms with Crippen molar-refractivity contribution in [3.63, 3.8) is 0 Å². The van der Waals surface area contributed by atoms with Gasteiger partial charge in [0.15, 0.2) is 12.6 Å². The summed E-state index contributed by atoms with van der Waals surface area (Å²) in [5, 5.41) is 22.3. The summed E-state index contributed by atoms with van der Waals surface area (Å²) < 4.78 is 12.7. The number of aromatic nitrogens is 4. The standard InChI is InChI=1S/C29H33N7O4/c1-20(22-9-7-21(8-10-22)17-34-11-13-35(14-12-34)29(37)38)36-18-23(16-31-36)25-15-26(32-33-28(25)30)24-5-3-4-6-27(24)40-19-39-2/h3-10,15-16,18,20H,11-14,17,19H2,1-2H3,(H2,30,33)(H,37,38). The van der Waals surface area contributed by atoms with E-state index in [4.69, 9.17) is 20.3 Å². The number of amides is 1. The molecule has 3 heterocycles. The highest BCUT2D eigenvalue weighted by Crippen LogP contribution is 2.33. The van der Waals surface area contributed by atoms with Gasteiger partial charge in [-0.15, -0.1) is 10.2 Å². The first-order valence-corrected chi connectivity index (χ1v) is 13.1. The molecule has 40 heavy (non-hydrogen) atoms. The minimum Gasteiger partial charge on any atom is -0.467 e. The largest absolute Gasteiger partial charge is 0.467 e. The van der Waals surface area contributed by atoms with Crippen molar-refractivity contribution in [2.75, 3.05) is 45.8 Å². The molecule has 2 aromatic heterocycles. The van der Waals surface area contributed by atoms with Crippen LogP contribution in [0.15, 0.2) is 67.0 Å². The molecule has 1 atom stereocenters. The molecule has 1 amide bonds. The second-order valence-electron chi connectivity index (χ2n) is 9.75. The van der Waals surface area contributed by atoms with Gasteiger partial charge in [0.1, 0.15) is 5.75 Å². The zero-order valence-electron chi connectivity index (χ0n) is 22.6. The molecular weight excluding hydrogens is 510 g/mol. The second kappa shape index (κ2) is 12.1. The fourth-order valence-electron chi connectivity index (χ4n) is 4.79. The van der Waals surface area contributed by atoms with Gasteiger partial charge in [-0.3, -0.25) is 9.58 Å². The maximum atomic E-state index is 11.1. The number of nitrogens with zero attached hydrogens (tertiary/aromatic N) is 6. The van der Waals surface area contributed by atoms with Gasteiger partial charge in [0.25, 0.3) is 0 Å². The highest BCUT2D eigenvalue weighted by molar-refractivity contribution is 5.78. The molecule has 0 saturated carbocycles. The van der Waals surface area contributed by atoms with Gasteiger partial charge in [-0.2, -0.15) is 5.10 Å². The van der Waals surface area contributed by atoms with Crippen LogP contribution in [0.1, 0.15) is 24.1 Å². The van der Waals surface area contributed by atoms with Gasteiger partial charge in [0.2, 0.25) is 0 Å². The minimum absolute atomic E-state index is 0.000530. The smallest absolute Gasteiger partial charge is 0.407 e. The van der Waals surface area contributed by atoms with E-state index in [1.165, 1.54) is 10.5 Å². The zero-order chi connectivity index (χ0) is 28.1. The quantitative estimate of drug-likeness (QED) is 0.301. The number of rotatable bonds is 9. The van der Waals surface area contributed by atoms with Gasteiger partial charge in [-0.1, -0.05) is 36.4 Å². The molecular formula is C29H33N7O4. The van der Waals surface area contributed by atoms with Crippen LogP contribution in [0.5, 0.6) is 5.75 Å². The third kappa shape index (κ3) is 6.05. The Kier molecular flexibility index (Phi) is 8.23. The Hall–Kier alpha value is -4.48. The Morgan fingerprint density at radius 1 is 1.05 bits per heavy atom. The summed E-state index contributed by atoms with van der Waals surface area (Å²) >= 11 is 0. The van der Waals surface area contributed by atoms with Crippen molar-refractivity contribution in [1.82, 2.24) is 29.8 Å². The van der Waals surface area contributed by atoms with Crippen LogP contribution >= 0.6 is 0 Å². The molecule has 4 aromatic rings. The number of ether oxygens (including phenoxy) is 2. The predicted molar refractivity (Wildman–Crippen MR) is 151 cm³/mol. The van der Waals surface area contributed by atoms with Crippen LogP contribution in [-0.4, -0.2) is 81.1 Å². The van der Waals surface area contributed by atoms with E-state index in [0.29, 0.717) is 30.4 Å². The Labute approximate surface area is 232 Å². The first-order valence-electron chi connectivity index (χ1n) is 13.1. The van der Waals surface area contributed by atoms with E-state index in [0.717, 1.165) is 41.9 Å². The SMILES string of the molecule is COCOc1ccccc1-c1cc(-c2cnn(C(C)c3ccc(CN4CCN(C(=O)O)CC4)cc3)c2)c(N)nn1. The highest BCUT2D eigenvalue weighted by Gasteiger charge is 2.20. The van der Waals surface area contributed by atoms with Crippen molar-refractivity contribution < 1.29 is 19.4 Å². The van der Waals surface area contributed by atoms with Gasteiger partial charge in [-0.25, -0.2) is 4.79 Å². The van der Waals surface area contributed by atoms with Crippen LogP contribution in [0.2, 0.25) is 0 Å². The molecule has 5 rings (SSSR count). The van der Waals surface area contributed by atoms with Crippen molar-refractivity contribution in [3.05, 3.63) is 78.1 Å². The Morgan fingerprint density at radius 3 is 2.52 bits per heavy atom. The van der Waals surface area contributed by atoms with Gasteiger partial charge in [0.05, 0.1) is 17.9 Å². The molecule has 1 aliphatic heterocycles. The summed E-state index contributed by atoms with van der Waals surface area (Å²) in [7, 11) is 1.57. The molecule has 1 saturated heterocycles. The molecule has 3 N–H and O–H groups in total. The maximum Gasteiger partial charge on any atom is 0.407 e. The van der Waals surface area contributed by atoms with Crippen molar-refractivity contribution in [3.8, 4) is 28.1 Å². The van der Waals surface area contributed by atoms with Gasteiger partial charge in [-0.05, 0) is 36.2 Å². The fraction of sp³-hybridized carbons (Fsp3) is 0.310. The Morgan fingerprint density at radius 2 is 1.80 bits per heavy atom. The topological polar surface area (TPSA) is 132 Å². The molecule has 0 spiro atoms. The third-order valence-corrected chi connectivity index (χ3v) is 7.14. The predicted octanol–water partition coefficient (Wildman–Crippen LogP) is 3.98. The first kappa shape index (κ1) is 27.1. The number of carboxylic acid groups (broad SMARTS) is 1. The zero-order valence-corrected chi connectivity index (χ0v) is 22.6. The van der Waals surface area contributed by atoms with Crippen molar-refractivity contribution >= 4 is 11.9 Å². The Balaban J connectivity index is 1.29. The molecule has 11 nitrogen and oxygen atoms in total. The summed E-state index contributed by atoms with van der Waals surface area (Å²) in [6, 6.07) is 18.0. The van der Waals surface area contributed by atoms with Crippen molar-refractivity contribution in [2.45, 2.75) is 19.5 Å². The van der Waals surface area contributed by atoms with E-state index in [1.807, 2.05) is 41.2 Å². The van der Waals surface area contributed by atoms with Crippen LogP contribution in [0.3, 0.4) is 0 Å². The summed E-state index contributed by atoms with van der Waals surface area (Å²) in [5.41, 5.74) is 11.6. The lowest BCUT2D eigenvalue weighted by atomic mass is 10.0. The number of hydrogen-bond acceptors (Lipinski definition) is 8. The maximum absolute atomic E-state index is 11.1. The monoisotopic (exact) mass is 543 g/mol. The molecule has 1 unspecified atom stereocenters. The summed E-state index contributed by atoms with van der Waals surface area (Å²) in [4.78, 5) is 14.9. The number of para-hydroxylation sites is 1. The number of benzene rings is 2. The molecule has 1 fully saturated rings. The van der Waals surface area contributed by atoms with Crippen LogP contribution in [0, 0.1) is 0 Å². The number of nitrogens with two attached hydrogens (primary N) is 1. The van der Waals surface area contributed by atoms with Crippen molar-refractivity contribution in [2.24, 2.45) is 0 Å². The summed E-state index contributed by atoms with van der Waals surface area (Å²) in [6.45, 7) is 5.58. The van der Waals surface area contributed by atoms with E-state index in [1.54, 1.807) is 13.3 Å². The van der Waals surface area contributed by atoms with Crippen LogP contribution in [0.4, 0.5) is 10.6 Å². The molecule has 208 valence electrons. The van der Waals surface area contributed by atoms with E-state index in [9.17, 15) is 4.79 Å². The van der Waals surface area contributed by atoms with Crippen LogP contribution < -0.4 is 10.5 Å². The molecule has 0 aliphatic carbocycles. The average molecular weight is 544 g/mol. The van der Waals surface area contributed by atoms with Gasteiger partial charge < -0.3 is 25.2 Å². The minimum atomic E-state index is -0.846. The molecule has 0 radical (unpaired) electrons. The number of anilines is 1. The van der Waals surface area contributed by atoms with Gasteiger partial charge >= 0.3 is 6.09 Å². The molecule has 0 bridgehead atoms. The first-order chi connectivity index (χ1) is 19.4. The second-order valence-corrected chi connectivity index (χ2v) is 9.75. The van der Waals surface area contributed by atoms with E-state index in [2.05, 4.69) is 51.4 Å². The third-order valence-electron chi connectivity index (χ3n) is 7.14. The summed E-state index contributed by atoms with van der Waals surface area (Å²) in [6.07, 6.45) is 2.90. The molecule has 1 aliphatic rings. The lowest BCUT2D eigenvalue weighted by Gasteiger charge is -2.33. The number of piperazine rings is 1. The van der Waals surface area contributed by atoms with E-state index >= 15 is 0 Å². The average Bonchev–Trinajstić information content (AvgIpc) is 3.47. The van der Waals surface area contributed by atoms with Crippen LogP contribution in [-0.2, 0) is 11.3 Å². The van der Waals surface area contributed by atoms with Crippen molar-refractivity contribution in [1.29, 1.82) is 0 Å². The van der Waals surface area contributed by atoms with Crippen LogP contribution in [0.25, 0.3) is 22.4 Å².